The van der Waals surface area contributed by atoms with Gasteiger partial charge in [-0.2, -0.15) is 0 Å². The molecule has 0 aliphatic heterocycles. The molecule has 0 saturated carbocycles. The van der Waals surface area contributed by atoms with Gasteiger partial charge in [0.2, 0.25) is 0 Å². The molecule has 0 spiro atoms. The molecule has 0 fully saturated rings. The quantitative estimate of drug-likeness (QED) is 0.560. The van der Waals surface area contributed by atoms with Crippen molar-refractivity contribution in [2.75, 3.05) is 6.54 Å². The van der Waals surface area contributed by atoms with Crippen molar-refractivity contribution in [3.05, 3.63) is 0 Å². The molecule has 2 atom stereocenters. The lowest BCUT2D eigenvalue weighted by Crippen LogP contribution is -2.15. The summed E-state index contributed by atoms with van der Waals surface area (Å²) in [5.41, 5.74) is 5.31. The monoisotopic (exact) mass is 117 g/mol. The highest BCUT2D eigenvalue weighted by molar-refractivity contribution is 4.56. The molecule has 0 heterocycles. The van der Waals surface area contributed by atoms with Crippen LogP contribution in [0.3, 0.4) is 0 Å². The molecule has 0 unspecified atom stereocenters. The minimum Gasteiger partial charge on any atom is -0.393 e. The summed E-state index contributed by atoms with van der Waals surface area (Å²) in [5.74, 6) is 0.454. The highest BCUT2D eigenvalue weighted by atomic mass is 16.3. The van der Waals surface area contributed by atoms with Crippen LogP contribution in [0.15, 0.2) is 0 Å². The average Bonchev–Trinajstić information content (AvgIpc) is 1.65. The summed E-state index contributed by atoms with van der Waals surface area (Å²) >= 11 is 0. The van der Waals surface area contributed by atoms with Crippen LogP contribution in [0.5, 0.6) is 0 Å². The Kier molecular flexibility index (Phi) is 3.83. The number of hydrogen-bond donors (Lipinski definition) is 2. The molecular formula is C6H15NO. The molecule has 0 bridgehead atoms. The second kappa shape index (κ2) is 3.87. The third-order valence-corrected chi connectivity index (χ3v) is 1.15. The van der Waals surface area contributed by atoms with Gasteiger partial charge in [-0.25, -0.2) is 0 Å². The van der Waals surface area contributed by atoms with Crippen LogP contribution in [0.2, 0.25) is 0 Å². The number of rotatable bonds is 3. The fourth-order valence-electron chi connectivity index (χ4n) is 0.679. The van der Waals surface area contributed by atoms with E-state index in [0.717, 1.165) is 6.42 Å². The fourth-order valence-corrected chi connectivity index (χ4v) is 0.679. The summed E-state index contributed by atoms with van der Waals surface area (Å²) in [5, 5.41) is 8.80. The molecule has 0 aromatic heterocycles. The summed E-state index contributed by atoms with van der Waals surface area (Å²) in [4.78, 5) is 0. The first-order chi connectivity index (χ1) is 3.66. The van der Waals surface area contributed by atoms with Crippen LogP contribution in [-0.4, -0.2) is 17.8 Å². The highest BCUT2D eigenvalue weighted by Crippen LogP contribution is 2.01. The van der Waals surface area contributed by atoms with E-state index in [1.807, 2.05) is 6.92 Å². The lowest BCUT2D eigenvalue weighted by molar-refractivity contribution is 0.165. The first-order valence-corrected chi connectivity index (χ1v) is 3.05. The van der Waals surface area contributed by atoms with Crippen LogP contribution in [0.25, 0.3) is 0 Å². The largest absolute Gasteiger partial charge is 0.393 e. The van der Waals surface area contributed by atoms with E-state index in [-0.39, 0.29) is 6.10 Å². The molecule has 0 saturated heterocycles. The Hall–Kier alpha value is -0.0800. The van der Waals surface area contributed by atoms with E-state index in [0.29, 0.717) is 12.5 Å². The predicted octanol–water partition coefficient (Wildman–Crippen LogP) is 0.352. The van der Waals surface area contributed by atoms with E-state index >= 15 is 0 Å². The number of aliphatic hydroxyl groups excluding tert-OH is 1. The van der Waals surface area contributed by atoms with Gasteiger partial charge in [-0.05, 0) is 25.8 Å². The summed E-state index contributed by atoms with van der Waals surface area (Å²) in [6.45, 7) is 4.49. The molecule has 8 heavy (non-hydrogen) atoms. The van der Waals surface area contributed by atoms with Crippen LogP contribution in [0.1, 0.15) is 20.3 Å². The zero-order valence-electron chi connectivity index (χ0n) is 5.59. The summed E-state index contributed by atoms with van der Waals surface area (Å²) in [7, 11) is 0. The van der Waals surface area contributed by atoms with Crippen LogP contribution >= 0.6 is 0 Å². The molecule has 2 nitrogen and oxygen atoms in total. The third kappa shape index (κ3) is 4.09. The Balaban J connectivity index is 3.10. The zero-order chi connectivity index (χ0) is 6.57. The summed E-state index contributed by atoms with van der Waals surface area (Å²) in [6.07, 6.45) is 0.616. The molecule has 0 amide bonds. The highest BCUT2D eigenvalue weighted by Gasteiger charge is 2.01. The fraction of sp³-hybridized carbons (Fsp3) is 1.00. The van der Waals surface area contributed by atoms with Crippen molar-refractivity contribution in [1.29, 1.82) is 0 Å². The van der Waals surface area contributed by atoms with Gasteiger partial charge in [-0.15, -0.1) is 0 Å². The lowest BCUT2D eigenvalue weighted by atomic mass is 10.1. The Morgan fingerprint density at radius 2 is 2.00 bits per heavy atom. The minimum atomic E-state index is -0.200. The molecule has 0 aromatic carbocycles. The smallest absolute Gasteiger partial charge is 0.0515 e. The number of aliphatic hydroxyl groups is 1. The Labute approximate surface area is 50.7 Å². The molecule has 0 aliphatic carbocycles. The van der Waals surface area contributed by atoms with E-state index < -0.39 is 0 Å². The molecule has 0 aromatic rings. The van der Waals surface area contributed by atoms with E-state index in [4.69, 9.17) is 10.8 Å². The van der Waals surface area contributed by atoms with Crippen LogP contribution in [0, 0.1) is 5.92 Å². The van der Waals surface area contributed by atoms with Gasteiger partial charge in [0.15, 0.2) is 0 Å². The van der Waals surface area contributed by atoms with Crippen molar-refractivity contribution in [2.24, 2.45) is 11.7 Å². The standard InChI is InChI=1S/C6H15NO/c1-5(4-7)3-6(2)8/h5-6,8H,3-4,7H2,1-2H3/t5-,6+/m1/s1. The van der Waals surface area contributed by atoms with Crippen molar-refractivity contribution in [3.8, 4) is 0 Å². The first-order valence-electron chi connectivity index (χ1n) is 3.05. The van der Waals surface area contributed by atoms with Crippen LogP contribution in [-0.2, 0) is 0 Å². The number of nitrogens with two attached hydrogens (primary N) is 1. The zero-order valence-corrected chi connectivity index (χ0v) is 5.59. The van der Waals surface area contributed by atoms with Crippen molar-refractivity contribution in [3.63, 3.8) is 0 Å². The van der Waals surface area contributed by atoms with Crippen LogP contribution < -0.4 is 5.73 Å². The summed E-state index contributed by atoms with van der Waals surface area (Å²) in [6, 6.07) is 0. The van der Waals surface area contributed by atoms with Crippen molar-refractivity contribution < 1.29 is 5.11 Å². The van der Waals surface area contributed by atoms with Crippen molar-refractivity contribution in [2.45, 2.75) is 26.4 Å². The first kappa shape index (κ1) is 7.92. The van der Waals surface area contributed by atoms with Crippen molar-refractivity contribution >= 4 is 0 Å². The van der Waals surface area contributed by atoms with Gasteiger partial charge >= 0.3 is 0 Å². The number of hydrogen-bond acceptors (Lipinski definition) is 2. The molecule has 0 radical (unpaired) electrons. The second-order valence-electron chi connectivity index (χ2n) is 2.43. The molecular weight excluding hydrogens is 102 g/mol. The summed E-state index contributed by atoms with van der Waals surface area (Å²) < 4.78 is 0. The maximum atomic E-state index is 8.80. The Bertz CT molecular complexity index is 54.5. The van der Waals surface area contributed by atoms with Crippen molar-refractivity contribution in [1.82, 2.24) is 0 Å². The van der Waals surface area contributed by atoms with E-state index in [1.165, 1.54) is 0 Å². The molecule has 50 valence electrons. The van der Waals surface area contributed by atoms with Gasteiger partial charge in [0.25, 0.3) is 0 Å². The Morgan fingerprint density at radius 1 is 1.50 bits per heavy atom. The van der Waals surface area contributed by atoms with Gasteiger partial charge in [0, 0.05) is 0 Å². The van der Waals surface area contributed by atoms with E-state index in [2.05, 4.69) is 0 Å². The molecule has 2 heteroatoms. The van der Waals surface area contributed by atoms with Gasteiger partial charge in [0.1, 0.15) is 0 Å². The molecule has 0 aliphatic rings. The minimum absolute atomic E-state index is 0.200. The third-order valence-electron chi connectivity index (χ3n) is 1.15. The maximum Gasteiger partial charge on any atom is 0.0515 e. The van der Waals surface area contributed by atoms with E-state index in [9.17, 15) is 0 Å². The van der Waals surface area contributed by atoms with Gasteiger partial charge in [0.05, 0.1) is 6.10 Å². The predicted molar refractivity (Wildman–Crippen MR) is 34.5 cm³/mol. The van der Waals surface area contributed by atoms with E-state index in [1.54, 1.807) is 6.92 Å². The second-order valence-corrected chi connectivity index (χ2v) is 2.43. The molecule has 0 rings (SSSR count). The maximum absolute atomic E-state index is 8.80. The molecule has 3 N–H and O–H groups in total. The van der Waals surface area contributed by atoms with Gasteiger partial charge in [-0.3, -0.25) is 0 Å². The normalized spacial score (nSPS) is 18.0. The van der Waals surface area contributed by atoms with Crippen LogP contribution in [0.4, 0.5) is 0 Å². The lowest BCUT2D eigenvalue weighted by Gasteiger charge is -2.08. The van der Waals surface area contributed by atoms with Gasteiger partial charge < -0.3 is 10.8 Å². The SMILES string of the molecule is C[C@@H](CN)C[C@H](C)O. The topological polar surface area (TPSA) is 46.2 Å². The Morgan fingerprint density at radius 3 is 2.12 bits per heavy atom. The van der Waals surface area contributed by atoms with Gasteiger partial charge in [-0.1, -0.05) is 6.92 Å². The average molecular weight is 117 g/mol.